The number of carboxylic acids is 1. The summed E-state index contributed by atoms with van der Waals surface area (Å²) >= 11 is 5.93. The molecular formula is C24H30ClNO4. The topological polar surface area (TPSA) is 97.5 Å². The van der Waals surface area contributed by atoms with Crippen LogP contribution in [0.5, 0.6) is 0 Å². The quantitative estimate of drug-likeness (QED) is 0.610. The predicted molar refractivity (Wildman–Crippen MR) is 122 cm³/mol. The molecular weight excluding hydrogens is 402 g/mol. The molecule has 0 aromatic heterocycles. The summed E-state index contributed by atoms with van der Waals surface area (Å²) in [6, 6.07) is 15.2. The number of halogens is 1. The van der Waals surface area contributed by atoms with Crippen LogP contribution in [0, 0.1) is 12.8 Å². The Labute approximate surface area is 183 Å². The number of amides is 1. The van der Waals surface area contributed by atoms with Gasteiger partial charge >= 0.3 is 5.97 Å². The van der Waals surface area contributed by atoms with Crippen molar-refractivity contribution in [3.63, 3.8) is 0 Å². The molecule has 0 fully saturated rings. The molecule has 0 radical (unpaired) electrons. The van der Waals surface area contributed by atoms with Crippen LogP contribution in [-0.4, -0.2) is 23.8 Å². The summed E-state index contributed by atoms with van der Waals surface area (Å²) in [5.41, 5.74) is 8.29. The van der Waals surface area contributed by atoms with Crippen molar-refractivity contribution < 1.29 is 19.5 Å². The number of aldehydes is 1. The molecule has 1 unspecified atom stereocenters. The highest BCUT2D eigenvalue weighted by molar-refractivity contribution is 6.30. The second-order valence-corrected chi connectivity index (χ2v) is 7.21. The van der Waals surface area contributed by atoms with Crippen molar-refractivity contribution in [2.24, 2.45) is 11.7 Å². The Kier molecular flexibility index (Phi) is 13.5. The molecule has 2 rings (SSSR count). The second-order valence-electron chi connectivity index (χ2n) is 6.77. The summed E-state index contributed by atoms with van der Waals surface area (Å²) in [5, 5.41) is 10.3. The SMILES string of the molecule is CC=O.Cc1ccccc1/C(=C\C(C)C)CC(C(=O)O)c1ccc(Cl)cc1.NC=O. The van der Waals surface area contributed by atoms with E-state index in [9.17, 15) is 9.90 Å². The number of hydrogen-bond acceptors (Lipinski definition) is 3. The zero-order valence-corrected chi connectivity index (χ0v) is 18.6. The van der Waals surface area contributed by atoms with Gasteiger partial charge in [0, 0.05) is 5.02 Å². The number of hydrogen-bond donors (Lipinski definition) is 2. The molecule has 1 atom stereocenters. The van der Waals surface area contributed by atoms with E-state index in [0.29, 0.717) is 17.4 Å². The molecule has 0 heterocycles. The fourth-order valence-electron chi connectivity index (χ4n) is 2.87. The Morgan fingerprint density at radius 1 is 1.10 bits per heavy atom. The molecule has 2 aromatic rings. The molecule has 0 saturated heterocycles. The number of carboxylic acid groups (broad SMARTS) is 1. The summed E-state index contributed by atoms with van der Waals surface area (Å²) < 4.78 is 0. The Morgan fingerprint density at radius 3 is 2.03 bits per heavy atom. The summed E-state index contributed by atoms with van der Waals surface area (Å²) in [6.07, 6.45) is 3.62. The van der Waals surface area contributed by atoms with Gasteiger partial charge in [-0.15, -0.1) is 0 Å². The molecule has 0 spiro atoms. The Balaban J connectivity index is 0.00000125. The van der Waals surface area contributed by atoms with Crippen LogP contribution in [0.4, 0.5) is 0 Å². The van der Waals surface area contributed by atoms with Crippen molar-refractivity contribution in [2.45, 2.75) is 40.0 Å². The van der Waals surface area contributed by atoms with E-state index in [1.807, 2.05) is 12.1 Å². The van der Waals surface area contributed by atoms with E-state index in [1.54, 1.807) is 24.3 Å². The molecule has 30 heavy (non-hydrogen) atoms. The number of aryl methyl sites for hydroxylation is 1. The lowest BCUT2D eigenvalue weighted by atomic mass is 9.86. The first kappa shape index (κ1) is 27.1. The number of carbonyl (C=O) groups excluding carboxylic acids is 2. The number of primary amides is 1. The largest absolute Gasteiger partial charge is 0.481 e. The lowest BCUT2D eigenvalue weighted by molar-refractivity contribution is -0.138. The van der Waals surface area contributed by atoms with Crippen LogP contribution in [0.1, 0.15) is 49.8 Å². The maximum absolute atomic E-state index is 11.9. The fraction of sp³-hybridized carbons (Fsp3) is 0.292. The van der Waals surface area contributed by atoms with Crippen molar-refractivity contribution in [3.05, 3.63) is 76.3 Å². The van der Waals surface area contributed by atoms with Crippen LogP contribution in [0.25, 0.3) is 5.57 Å². The van der Waals surface area contributed by atoms with E-state index >= 15 is 0 Å². The summed E-state index contributed by atoms with van der Waals surface area (Å²) in [5.74, 6) is -1.06. The van der Waals surface area contributed by atoms with Crippen LogP contribution < -0.4 is 5.73 Å². The number of rotatable bonds is 6. The fourth-order valence-corrected chi connectivity index (χ4v) is 2.99. The molecule has 2 aromatic carbocycles. The second kappa shape index (κ2) is 15.0. The molecule has 0 aliphatic heterocycles. The van der Waals surface area contributed by atoms with E-state index in [0.717, 1.165) is 28.5 Å². The van der Waals surface area contributed by atoms with E-state index < -0.39 is 11.9 Å². The predicted octanol–water partition coefficient (Wildman–Crippen LogP) is 5.25. The number of carbonyl (C=O) groups is 3. The lowest BCUT2D eigenvalue weighted by Gasteiger charge is -2.18. The summed E-state index contributed by atoms with van der Waals surface area (Å²) in [7, 11) is 0. The van der Waals surface area contributed by atoms with Gasteiger partial charge in [-0.3, -0.25) is 9.59 Å². The molecule has 0 saturated carbocycles. The van der Waals surface area contributed by atoms with E-state index in [-0.39, 0.29) is 6.41 Å². The zero-order chi connectivity index (χ0) is 23.1. The van der Waals surface area contributed by atoms with Crippen molar-refractivity contribution in [1.29, 1.82) is 0 Å². The van der Waals surface area contributed by atoms with Crippen molar-refractivity contribution in [1.82, 2.24) is 0 Å². The highest BCUT2D eigenvalue weighted by Gasteiger charge is 2.22. The van der Waals surface area contributed by atoms with E-state index in [4.69, 9.17) is 21.2 Å². The first-order chi connectivity index (χ1) is 14.2. The highest BCUT2D eigenvalue weighted by atomic mass is 35.5. The third kappa shape index (κ3) is 10.0. The Hall–Kier alpha value is -2.92. The van der Waals surface area contributed by atoms with Crippen LogP contribution in [0.3, 0.4) is 0 Å². The minimum Gasteiger partial charge on any atom is -0.481 e. The number of allylic oxidation sites excluding steroid dienone is 2. The highest BCUT2D eigenvalue weighted by Crippen LogP contribution is 2.32. The van der Waals surface area contributed by atoms with Gasteiger partial charge in [0.1, 0.15) is 6.29 Å². The Morgan fingerprint density at radius 2 is 1.60 bits per heavy atom. The third-order valence-electron chi connectivity index (χ3n) is 4.02. The van der Waals surface area contributed by atoms with Gasteiger partial charge in [0.25, 0.3) is 0 Å². The van der Waals surface area contributed by atoms with Crippen LogP contribution in [-0.2, 0) is 14.4 Å². The zero-order valence-electron chi connectivity index (χ0n) is 17.8. The number of nitrogens with two attached hydrogens (primary N) is 1. The molecule has 0 aliphatic carbocycles. The average Bonchev–Trinajstić information content (AvgIpc) is 2.67. The standard InChI is InChI=1S/C21H23ClO2.C2H4O.CH3NO/c1-14(2)12-17(19-7-5-4-6-15(19)3)13-20(21(23)24)16-8-10-18(22)11-9-16;1-2-3;2-1-3/h4-12,14,20H,13H2,1-3H3,(H,23,24);2H,1H3;1H,(H2,2,3)/b17-12-;;. The molecule has 0 bridgehead atoms. The summed E-state index contributed by atoms with van der Waals surface area (Å²) in [6.45, 7) is 7.72. The van der Waals surface area contributed by atoms with Gasteiger partial charge in [0.2, 0.25) is 6.41 Å². The van der Waals surface area contributed by atoms with E-state index in [2.05, 4.69) is 44.7 Å². The van der Waals surface area contributed by atoms with Crippen molar-refractivity contribution in [2.75, 3.05) is 0 Å². The summed E-state index contributed by atoms with van der Waals surface area (Å²) in [4.78, 5) is 29.3. The number of benzene rings is 2. The lowest BCUT2D eigenvalue weighted by Crippen LogP contribution is -2.13. The van der Waals surface area contributed by atoms with Crippen LogP contribution >= 0.6 is 11.6 Å². The normalized spacial score (nSPS) is 11.3. The van der Waals surface area contributed by atoms with Crippen LogP contribution in [0.2, 0.25) is 5.02 Å². The van der Waals surface area contributed by atoms with Crippen molar-refractivity contribution >= 4 is 35.8 Å². The molecule has 1 amide bonds. The average molecular weight is 432 g/mol. The first-order valence-corrected chi connectivity index (χ1v) is 9.89. The van der Waals surface area contributed by atoms with Crippen molar-refractivity contribution in [3.8, 4) is 0 Å². The minimum absolute atomic E-state index is 0.250. The molecule has 5 nitrogen and oxygen atoms in total. The van der Waals surface area contributed by atoms with Gasteiger partial charge in [-0.1, -0.05) is 67.9 Å². The van der Waals surface area contributed by atoms with Gasteiger partial charge in [-0.2, -0.15) is 0 Å². The smallest absolute Gasteiger partial charge is 0.311 e. The van der Waals surface area contributed by atoms with Gasteiger partial charge in [0.15, 0.2) is 0 Å². The molecule has 3 N–H and O–H groups in total. The first-order valence-electron chi connectivity index (χ1n) is 9.51. The van der Waals surface area contributed by atoms with Gasteiger partial charge < -0.3 is 15.6 Å². The monoisotopic (exact) mass is 431 g/mol. The maximum atomic E-state index is 11.9. The molecule has 6 heteroatoms. The minimum atomic E-state index is -0.819. The van der Waals surface area contributed by atoms with Gasteiger partial charge in [0.05, 0.1) is 5.92 Å². The Bertz CT molecular complexity index is 823. The van der Waals surface area contributed by atoms with Gasteiger partial charge in [-0.25, -0.2) is 0 Å². The van der Waals surface area contributed by atoms with Gasteiger partial charge in [-0.05, 0) is 60.6 Å². The third-order valence-corrected chi connectivity index (χ3v) is 4.27. The maximum Gasteiger partial charge on any atom is 0.311 e. The van der Waals surface area contributed by atoms with E-state index in [1.165, 1.54) is 6.92 Å². The number of aliphatic carboxylic acids is 1. The molecule has 162 valence electrons. The van der Waals surface area contributed by atoms with Crippen LogP contribution in [0.15, 0.2) is 54.6 Å². The molecule has 0 aliphatic rings.